The topological polar surface area (TPSA) is 95.5 Å². The van der Waals surface area contributed by atoms with Gasteiger partial charge in [0, 0.05) is 12.3 Å². The van der Waals surface area contributed by atoms with Crippen LogP contribution in [0.1, 0.15) is 5.56 Å². The van der Waals surface area contributed by atoms with Crippen LogP contribution in [0, 0.1) is 5.82 Å². The molecule has 0 bridgehead atoms. The Morgan fingerprint density at radius 2 is 1.95 bits per heavy atom. The van der Waals surface area contributed by atoms with Crippen LogP contribution in [0.5, 0.6) is 0 Å². The van der Waals surface area contributed by atoms with E-state index in [1.54, 1.807) is 6.07 Å². The van der Waals surface area contributed by atoms with E-state index < -0.39 is 11.8 Å². The summed E-state index contributed by atoms with van der Waals surface area (Å²) in [5, 5.41) is 13.4. The number of hydrogen-bond acceptors (Lipinski definition) is 4. The number of benzene rings is 1. The average molecular weight is 328 g/mol. The predicted octanol–water partition coefficient (Wildman–Crippen LogP) is 0.418. The second-order valence-electron chi connectivity index (χ2n) is 4.38. The molecule has 0 aromatic heterocycles. The van der Waals surface area contributed by atoms with Gasteiger partial charge >= 0.3 is 5.97 Å². The summed E-state index contributed by atoms with van der Waals surface area (Å²) in [6, 6.07) is 5.69. The molecule has 0 saturated heterocycles. The van der Waals surface area contributed by atoms with E-state index in [-0.39, 0.29) is 30.5 Å². The molecule has 0 saturated carbocycles. The van der Waals surface area contributed by atoms with Gasteiger partial charge in [-0.3, -0.25) is 14.4 Å². The van der Waals surface area contributed by atoms with Crippen molar-refractivity contribution in [3.05, 3.63) is 35.6 Å². The fraction of sp³-hybridized carbons (Fsp3) is 0.357. The standard InChI is InChI=1S/C14H17FN2O4S/c15-11-3-1-2-10(6-11)7-12(18)17-8-13(19)16-4-5-22-9-14(20)21/h1-3,6H,4-5,7-9H2,(H,16,19)(H,17,18)(H,20,21). The van der Waals surface area contributed by atoms with Crippen molar-refractivity contribution in [3.63, 3.8) is 0 Å². The third-order valence-electron chi connectivity index (χ3n) is 2.49. The second kappa shape index (κ2) is 9.78. The zero-order valence-corrected chi connectivity index (χ0v) is 12.6. The minimum atomic E-state index is -0.902. The van der Waals surface area contributed by atoms with Crippen molar-refractivity contribution in [2.75, 3.05) is 24.6 Å². The van der Waals surface area contributed by atoms with Gasteiger partial charge in [0.25, 0.3) is 0 Å². The summed E-state index contributed by atoms with van der Waals surface area (Å²) < 4.78 is 12.9. The highest BCUT2D eigenvalue weighted by Crippen LogP contribution is 2.03. The molecule has 1 aromatic carbocycles. The highest BCUT2D eigenvalue weighted by molar-refractivity contribution is 7.99. The molecule has 1 rings (SSSR count). The summed E-state index contributed by atoms with van der Waals surface area (Å²) in [6.07, 6.45) is -0.000493. The molecule has 120 valence electrons. The van der Waals surface area contributed by atoms with Gasteiger partial charge < -0.3 is 15.7 Å². The lowest BCUT2D eigenvalue weighted by atomic mass is 10.1. The number of carbonyl (C=O) groups excluding carboxylic acids is 2. The quantitative estimate of drug-likeness (QED) is 0.571. The third-order valence-corrected chi connectivity index (χ3v) is 3.44. The molecular weight excluding hydrogens is 311 g/mol. The molecule has 8 heteroatoms. The van der Waals surface area contributed by atoms with Crippen LogP contribution in [-0.2, 0) is 20.8 Å². The van der Waals surface area contributed by atoms with E-state index in [1.807, 2.05) is 0 Å². The molecule has 0 unspecified atom stereocenters. The summed E-state index contributed by atoms with van der Waals surface area (Å²) in [6.45, 7) is 0.161. The highest BCUT2D eigenvalue weighted by atomic mass is 32.2. The number of carboxylic acid groups (broad SMARTS) is 1. The molecule has 6 nitrogen and oxygen atoms in total. The highest BCUT2D eigenvalue weighted by Gasteiger charge is 2.07. The summed E-state index contributed by atoms with van der Waals surface area (Å²) in [7, 11) is 0. The summed E-state index contributed by atoms with van der Waals surface area (Å²) in [4.78, 5) is 33.3. The molecule has 0 aliphatic carbocycles. The molecule has 0 atom stereocenters. The minimum Gasteiger partial charge on any atom is -0.481 e. The van der Waals surface area contributed by atoms with E-state index in [0.29, 0.717) is 17.9 Å². The Balaban J connectivity index is 2.15. The van der Waals surface area contributed by atoms with Crippen LogP contribution in [0.2, 0.25) is 0 Å². The number of nitrogens with one attached hydrogen (secondary N) is 2. The van der Waals surface area contributed by atoms with E-state index in [1.165, 1.54) is 30.0 Å². The van der Waals surface area contributed by atoms with Crippen molar-refractivity contribution in [2.45, 2.75) is 6.42 Å². The van der Waals surface area contributed by atoms with Gasteiger partial charge in [-0.25, -0.2) is 4.39 Å². The maximum absolute atomic E-state index is 12.9. The van der Waals surface area contributed by atoms with Crippen LogP contribution in [0.4, 0.5) is 4.39 Å². The monoisotopic (exact) mass is 328 g/mol. The largest absolute Gasteiger partial charge is 0.481 e. The van der Waals surface area contributed by atoms with E-state index in [2.05, 4.69) is 10.6 Å². The van der Waals surface area contributed by atoms with Crippen molar-refractivity contribution < 1.29 is 23.9 Å². The fourth-order valence-electron chi connectivity index (χ4n) is 1.56. The SMILES string of the molecule is O=C(O)CSCCNC(=O)CNC(=O)Cc1cccc(F)c1. The molecule has 0 spiro atoms. The molecule has 0 heterocycles. The molecule has 1 aromatic rings. The number of thioether (sulfide) groups is 1. The second-order valence-corrected chi connectivity index (χ2v) is 5.48. The summed E-state index contributed by atoms with van der Waals surface area (Å²) in [5.41, 5.74) is 0.531. The molecular formula is C14H17FN2O4S. The number of amides is 2. The first-order valence-corrected chi connectivity index (χ1v) is 7.70. The van der Waals surface area contributed by atoms with Gasteiger partial charge in [0.1, 0.15) is 5.82 Å². The first-order valence-electron chi connectivity index (χ1n) is 6.54. The lowest BCUT2D eigenvalue weighted by molar-refractivity contribution is -0.134. The van der Waals surface area contributed by atoms with Gasteiger partial charge in [-0.1, -0.05) is 12.1 Å². The molecule has 3 N–H and O–H groups in total. The van der Waals surface area contributed by atoms with Crippen molar-refractivity contribution in [1.82, 2.24) is 10.6 Å². The van der Waals surface area contributed by atoms with Crippen molar-refractivity contribution in [2.24, 2.45) is 0 Å². The van der Waals surface area contributed by atoms with E-state index >= 15 is 0 Å². The Kier molecular flexibility index (Phi) is 7.98. The molecule has 22 heavy (non-hydrogen) atoms. The minimum absolute atomic E-state index is 0.000493. The number of carboxylic acids is 1. The van der Waals surface area contributed by atoms with Crippen molar-refractivity contribution in [1.29, 1.82) is 0 Å². The zero-order chi connectivity index (χ0) is 16.4. The van der Waals surface area contributed by atoms with Crippen LogP contribution in [0.15, 0.2) is 24.3 Å². The van der Waals surface area contributed by atoms with E-state index in [4.69, 9.17) is 5.11 Å². The number of aliphatic carboxylic acids is 1. The lowest BCUT2D eigenvalue weighted by Crippen LogP contribution is -2.38. The van der Waals surface area contributed by atoms with E-state index in [0.717, 1.165) is 0 Å². The van der Waals surface area contributed by atoms with Crippen molar-refractivity contribution >= 4 is 29.5 Å². The summed E-state index contributed by atoms with van der Waals surface area (Å²) >= 11 is 1.19. The van der Waals surface area contributed by atoms with Crippen LogP contribution in [0.3, 0.4) is 0 Å². The van der Waals surface area contributed by atoms with Gasteiger partial charge in [-0.05, 0) is 17.7 Å². The van der Waals surface area contributed by atoms with Gasteiger partial charge in [-0.2, -0.15) is 0 Å². The molecule has 0 aliphatic rings. The maximum Gasteiger partial charge on any atom is 0.313 e. The number of halogens is 1. The van der Waals surface area contributed by atoms with Crippen LogP contribution < -0.4 is 10.6 Å². The molecule has 0 fully saturated rings. The smallest absolute Gasteiger partial charge is 0.313 e. The Hall–Kier alpha value is -2.09. The Labute approximate surface area is 131 Å². The van der Waals surface area contributed by atoms with E-state index in [9.17, 15) is 18.8 Å². The molecule has 0 radical (unpaired) electrons. The normalized spacial score (nSPS) is 10.0. The number of hydrogen-bond donors (Lipinski definition) is 3. The summed E-state index contributed by atoms with van der Waals surface area (Å²) in [5.74, 6) is -1.58. The third kappa shape index (κ3) is 8.25. The number of carbonyl (C=O) groups is 3. The first-order chi connectivity index (χ1) is 10.5. The zero-order valence-electron chi connectivity index (χ0n) is 11.8. The Bertz CT molecular complexity index is 539. The first kappa shape index (κ1) is 18.0. The van der Waals surface area contributed by atoms with Gasteiger partial charge in [0.15, 0.2) is 0 Å². The van der Waals surface area contributed by atoms with Crippen LogP contribution in [-0.4, -0.2) is 47.5 Å². The maximum atomic E-state index is 12.9. The number of rotatable bonds is 9. The molecule has 2 amide bonds. The van der Waals surface area contributed by atoms with Crippen molar-refractivity contribution in [3.8, 4) is 0 Å². The lowest BCUT2D eigenvalue weighted by Gasteiger charge is -2.07. The van der Waals surface area contributed by atoms with Crippen LogP contribution in [0.25, 0.3) is 0 Å². The van der Waals surface area contributed by atoms with Crippen LogP contribution >= 0.6 is 11.8 Å². The van der Waals surface area contributed by atoms with Gasteiger partial charge in [0.2, 0.25) is 11.8 Å². The molecule has 0 aliphatic heterocycles. The predicted molar refractivity (Wildman–Crippen MR) is 81.1 cm³/mol. The Morgan fingerprint density at radius 3 is 2.64 bits per heavy atom. The van der Waals surface area contributed by atoms with Gasteiger partial charge in [-0.15, -0.1) is 11.8 Å². The average Bonchev–Trinajstić information content (AvgIpc) is 2.44. The Morgan fingerprint density at radius 1 is 1.18 bits per heavy atom. The van der Waals surface area contributed by atoms with Gasteiger partial charge in [0.05, 0.1) is 18.7 Å². The fourth-order valence-corrected chi connectivity index (χ4v) is 2.12.